The summed E-state index contributed by atoms with van der Waals surface area (Å²) in [5.41, 5.74) is 6.31. The minimum Gasteiger partial charge on any atom is -0.494 e. The van der Waals surface area contributed by atoms with Gasteiger partial charge in [-0.2, -0.15) is 0 Å². The number of nitrogens with zero attached hydrogens (tertiary/aromatic N) is 1. The van der Waals surface area contributed by atoms with E-state index >= 15 is 0 Å². The summed E-state index contributed by atoms with van der Waals surface area (Å²) in [5, 5.41) is 14.7. The zero-order chi connectivity index (χ0) is 14.8. The smallest absolute Gasteiger partial charge is 0.142 e. The molecule has 1 rings (SSSR count). The second-order valence-corrected chi connectivity index (χ2v) is 4.15. The number of amidine groups is 1. The lowest BCUT2D eigenvalue weighted by Crippen LogP contribution is -2.13. The van der Waals surface area contributed by atoms with Gasteiger partial charge in [0.1, 0.15) is 17.3 Å². The van der Waals surface area contributed by atoms with Crippen LogP contribution in [-0.4, -0.2) is 30.8 Å². The lowest BCUT2D eigenvalue weighted by atomic mass is 10.2. The first kappa shape index (κ1) is 15.9. The fraction of sp³-hybridized carbons (Fsp3) is 0.500. The summed E-state index contributed by atoms with van der Waals surface area (Å²) in [6.07, 6.45) is 1.30. The van der Waals surface area contributed by atoms with Crippen LogP contribution in [-0.2, 0) is 0 Å². The highest BCUT2D eigenvalue weighted by Crippen LogP contribution is 2.29. The third kappa shape index (κ3) is 5.26. The van der Waals surface area contributed by atoms with Gasteiger partial charge in [-0.3, -0.25) is 0 Å². The molecule has 0 saturated carbocycles. The molecule has 0 fully saturated rings. The number of hydrogen-bond acceptors (Lipinski definition) is 5. The molecule has 1 aromatic rings. The van der Waals surface area contributed by atoms with Crippen LogP contribution < -0.4 is 20.5 Å². The maximum absolute atomic E-state index is 8.47. The van der Waals surface area contributed by atoms with E-state index in [9.17, 15) is 0 Å². The molecule has 0 saturated heterocycles. The summed E-state index contributed by atoms with van der Waals surface area (Å²) >= 11 is 0. The summed E-state index contributed by atoms with van der Waals surface area (Å²) in [4.78, 5) is 0. The SMILES string of the molecule is CCOc1ccc(OCC)c(NCCCC(N)=NO)c1. The van der Waals surface area contributed by atoms with E-state index in [2.05, 4.69) is 10.5 Å². The largest absolute Gasteiger partial charge is 0.494 e. The Kier molecular flexibility index (Phi) is 7.10. The van der Waals surface area contributed by atoms with Crippen LogP contribution in [0, 0.1) is 0 Å². The Morgan fingerprint density at radius 1 is 1.30 bits per heavy atom. The van der Waals surface area contributed by atoms with Crippen molar-refractivity contribution in [3.63, 3.8) is 0 Å². The second kappa shape index (κ2) is 8.90. The van der Waals surface area contributed by atoms with E-state index in [4.69, 9.17) is 20.4 Å². The summed E-state index contributed by atoms with van der Waals surface area (Å²) in [6, 6.07) is 5.69. The highest BCUT2D eigenvalue weighted by atomic mass is 16.5. The number of nitrogens with two attached hydrogens (primary N) is 1. The van der Waals surface area contributed by atoms with E-state index in [1.165, 1.54) is 0 Å². The molecule has 112 valence electrons. The molecule has 20 heavy (non-hydrogen) atoms. The molecule has 0 aromatic heterocycles. The van der Waals surface area contributed by atoms with Crippen molar-refractivity contribution in [3.8, 4) is 11.5 Å². The molecule has 0 unspecified atom stereocenters. The number of rotatable bonds is 9. The van der Waals surface area contributed by atoms with Gasteiger partial charge in [-0.05, 0) is 32.4 Å². The van der Waals surface area contributed by atoms with Crippen molar-refractivity contribution in [1.82, 2.24) is 0 Å². The van der Waals surface area contributed by atoms with E-state index in [0.717, 1.165) is 23.6 Å². The number of hydrogen-bond donors (Lipinski definition) is 3. The predicted molar refractivity (Wildman–Crippen MR) is 79.9 cm³/mol. The Hall–Kier alpha value is -2.11. The first-order chi connectivity index (χ1) is 9.71. The number of anilines is 1. The van der Waals surface area contributed by atoms with E-state index in [1.807, 2.05) is 32.0 Å². The lowest BCUT2D eigenvalue weighted by molar-refractivity contribution is 0.316. The normalized spacial score (nSPS) is 11.2. The summed E-state index contributed by atoms with van der Waals surface area (Å²) < 4.78 is 11.0. The van der Waals surface area contributed by atoms with Gasteiger partial charge in [0, 0.05) is 19.0 Å². The van der Waals surface area contributed by atoms with Crippen LogP contribution >= 0.6 is 0 Å². The van der Waals surface area contributed by atoms with Crippen molar-refractivity contribution in [2.45, 2.75) is 26.7 Å². The molecule has 0 bridgehead atoms. The van der Waals surface area contributed by atoms with Crippen LogP contribution in [0.25, 0.3) is 0 Å². The van der Waals surface area contributed by atoms with Crippen LogP contribution in [0.1, 0.15) is 26.7 Å². The molecule has 6 heteroatoms. The molecule has 6 nitrogen and oxygen atoms in total. The number of benzene rings is 1. The van der Waals surface area contributed by atoms with Crippen LogP contribution in [0.15, 0.2) is 23.4 Å². The minimum absolute atomic E-state index is 0.236. The highest BCUT2D eigenvalue weighted by molar-refractivity contribution is 5.79. The predicted octanol–water partition coefficient (Wildman–Crippen LogP) is 2.42. The quantitative estimate of drug-likeness (QED) is 0.213. The van der Waals surface area contributed by atoms with Gasteiger partial charge in [-0.25, -0.2) is 0 Å². The van der Waals surface area contributed by atoms with Gasteiger partial charge >= 0.3 is 0 Å². The van der Waals surface area contributed by atoms with Crippen LogP contribution in [0.4, 0.5) is 5.69 Å². The second-order valence-electron chi connectivity index (χ2n) is 4.15. The summed E-state index contributed by atoms with van der Waals surface area (Å²) in [6.45, 7) is 5.81. The minimum atomic E-state index is 0.236. The Balaban J connectivity index is 2.62. The number of nitrogens with one attached hydrogen (secondary N) is 1. The third-order valence-corrected chi connectivity index (χ3v) is 2.62. The topological polar surface area (TPSA) is 89.1 Å². The average molecular weight is 281 g/mol. The van der Waals surface area contributed by atoms with Gasteiger partial charge in [0.2, 0.25) is 0 Å². The maximum atomic E-state index is 8.47. The Morgan fingerprint density at radius 2 is 2.05 bits per heavy atom. The lowest BCUT2D eigenvalue weighted by Gasteiger charge is -2.14. The zero-order valence-corrected chi connectivity index (χ0v) is 12.1. The van der Waals surface area contributed by atoms with Crippen molar-refractivity contribution in [2.24, 2.45) is 10.9 Å². The molecular formula is C14H23N3O3. The molecule has 4 N–H and O–H groups in total. The number of ether oxygens (including phenoxy) is 2. The zero-order valence-electron chi connectivity index (χ0n) is 12.1. The molecule has 0 amide bonds. The van der Waals surface area contributed by atoms with E-state index in [0.29, 0.717) is 26.2 Å². The molecule has 0 atom stereocenters. The molecule has 0 radical (unpaired) electrons. The fourth-order valence-electron chi connectivity index (χ4n) is 1.73. The summed E-state index contributed by atoms with van der Waals surface area (Å²) in [5.74, 6) is 1.83. The Bertz CT molecular complexity index is 436. The monoisotopic (exact) mass is 281 g/mol. The van der Waals surface area contributed by atoms with Crippen molar-refractivity contribution in [1.29, 1.82) is 0 Å². The third-order valence-electron chi connectivity index (χ3n) is 2.62. The van der Waals surface area contributed by atoms with E-state index in [-0.39, 0.29) is 5.84 Å². The molecule has 1 aromatic carbocycles. The van der Waals surface area contributed by atoms with Crippen LogP contribution in [0.5, 0.6) is 11.5 Å². The molecule has 0 spiro atoms. The van der Waals surface area contributed by atoms with Crippen molar-refractivity contribution >= 4 is 11.5 Å². The van der Waals surface area contributed by atoms with Crippen molar-refractivity contribution in [3.05, 3.63) is 18.2 Å². The van der Waals surface area contributed by atoms with Crippen LogP contribution in [0.2, 0.25) is 0 Å². The molecule has 0 aliphatic rings. The van der Waals surface area contributed by atoms with E-state index < -0.39 is 0 Å². The van der Waals surface area contributed by atoms with Gasteiger partial charge < -0.3 is 25.7 Å². The van der Waals surface area contributed by atoms with Gasteiger partial charge in [0.05, 0.1) is 18.9 Å². The van der Waals surface area contributed by atoms with Gasteiger partial charge in [0.15, 0.2) is 0 Å². The molecule has 0 aliphatic heterocycles. The molecule has 0 heterocycles. The maximum Gasteiger partial charge on any atom is 0.142 e. The average Bonchev–Trinajstić information content (AvgIpc) is 2.46. The Morgan fingerprint density at radius 3 is 2.70 bits per heavy atom. The fourth-order valence-corrected chi connectivity index (χ4v) is 1.73. The standard InChI is InChI=1S/C14H23N3O3/c1-3-19-11-7-8-13(20-4-2)12(10-11)16-9-5-6-14(15)17-18/h7-8,10,16,18H,3-6,9H2,1-2H3,(H2,15,17). The Labute approximate surface area is 119 Å². The van der Waals surface area contributed by atoms with Gasteiger partial charge in [-0.1, -0.05) is 5.16 Å². The first-order valence-electron chi connectivity index (χ1n) is 6.81. The highest BCUT2D eigenvalue weighted by Gasteiger charge is 2.05. The van der Waals surface area contributed by atoms with Crippen molar-refractivity contribution < 1.29 is 14.7 Å². The summed E-state index contributed by atoms with van der Waals surface area (Å²) in [7, 11) is 0. The number of oxime groups is 1. The van der Waals surface area contributed by atoms with Gasteiger partial charge in [-0.15, -0.1) is 0 Å². The van der Waals surface area contributed by atoms with E-state index in [1.54, 1.807) is 0 Å². The van der Waals surface area contributed by atoms with Crippen LogP contribution in [0.3, 0.4) is 0 Å². The molecular weight excluding hydrogens is 258 g/mol. The van der Waals surface area contributed by atoms with Crippen molar-refractivity contribution in [2.75, 3.05) is 25.1 Å². The molecule has 0 aliphatic carbocycles. The van der Waals surface area contributed by atoms with Gasteiger partial charge in [0.25, 0.3) is 0 Å². The first-order valence-corrected chi connectivity index (χ1v) is 6.81.